The summed E-state index contributed by atoms with van der Waals surface area (Å²) in [5.41, 5.74) is 0.961. The molecule has 1 aliphatic heterocycles. The number of hydrogen-bond acceptors (Lipinski definition) is 4. The zero-order chi connectivity index (χ0) is 15.4. The van der Waals surface area contributed by atoms with Crippen LogP contribution in [0, 0.1) is 0 Å². The molecule has 1 fully saturated rings. The van der Waals surface area contributed by atoms with Crippen molar-refractivity contribution in [1.82, 2.24) is 19.4 Å². The third-order valence-corrected chi connectivity index (χ3v) is 4.29. The molecule has 2 aromatic rings. The van der Waals surface area contributed by atoms with Crippen LogP contribution in [0.1, 0.15) is 32.2 Å². The molecule has 2 aromatic heterocycles. The van der Waals surface area contributed by atoms with Crippen LogP contribution in [0.3, 0.4) is 0 Å². The van der Waals surface area contributed by atoms with Gasteiger partial charge in [-0.15, -0.1) is 0 Å². The quantitative estimate of drug-likeness (QED) is 0.851. The van der Waals surface area contributed by atoms with Crippen molar-refractivity contribution >= 4 is 0 Å². The lowest BCUT2D eigenvalue weighted by atomic mass is 10.0. The first-order chi connectivity index (χ1) is 10.8. The minimum absolute atomic E-state index is 0.475. The van der Waals surface area contributed by atoms with Gasteiger partial charge in [0.2, 0.25) is 5.88 Å². The molecule has 118 valence electrons. The van der Waals surface area contributed by atoms with Gasteiger partial charge in [-0.25, -0.2) is 9.97 Å². The monoisotopic (exact) mass is 300 g/mol. The first-order valence-corrected chi connectivity index (χ1v) is 8.08. The number of aromatic nitrogens is 3. The van der Waals surface area contributed by atoms with E-state index < -0.39 is 0 Å². The Bertz CT molecular complexity index is 608. The van der Waals surface area contributed by atoms with E-state index in [1.807, 2.05) is 18.3 Å². The van der Waals surface area contributed by atoms with E-state index in [0.717, 1.165) is 17.9 Å². The Labute approximate surface area is 131 Å². The molecule has 0 N–H and O–H groups in total. The topological polar surface area (TPSA) is 43.2 Å². The van der Waals surface area contributed by atoms with E-state index >= 15 is 0 Å². The fourth-order valence-corrected chi connectivity index (χ4v) is 3.32. The zero-order valence-corrected chi connectivity index (χ0v) is 13.4. The number of ether oxygens (including phenoxy) is 1. The number of likely N-dealkylation sites (tertiary alicyclic amines) is 1. The number of rotatable bonds is 5. The van der Waals surface area contributed by atoms with Crippen LogP contribution in [0.15, 0.2) is 30.7 Å². The molecule has 0 saturated carbocycles. The van der Waals surface area contributed by atoms with Gasteiger partial charge in [-0.3, -0.25) is 0 Å². The van der Waals surface area contributed by atoms with Crippen molar-refractivity contribution in [2.24, 2.45) is 0 Å². The van der Waals surface area contributed by atoms with Crippen molar-refractivity contribution in [2.75, 3.05) is 26.7 Å². The smallest absolute Gasteiger partial charge is 0.224 e. The van der Waals surface area contributed by atoms with Crippen LogP contribution >= 0.6 is 0 Å². The molecular weight excluding hydrogens is 276 g/mol. The maximum absolute atomic E-state index is 5.40. The van der Waals surface area contributed by atoms with E-state index in [-0.39, 0.29) is 0 Å². The van der Waals surface area contributed by atoms with E-state index in [4.69, 9.17) is 4.74 Å². The average molecular weight is 300 g/mol. The van der Waals surface area contributed by atoms with Crippen LogP contribution in [-0.4, -0.2) is 46.2 Å². The highest BCUT2D eigenvalue weighted by Gasteiger charge is 2.23. The lowest BCUT2D eigenvalue weighted by molar-refractivity contribution is 0.178. The van der Waals surface area contributed by atoms with Gasteiger partial charge in [0.1, 0.15) is 5.82 Å². The van der Waals surface area contributed by atoms with Gasteiger partial charge in [-0.05, 0) is 44.5 Å². The molecule has 5 heteroatoms. The molecule has 0 aromatic carbocycles. The van der Waals surface area contributed by atoms with Gasteiger partial charge in [-0.1, -0.05) is 6.92 Å². The van der Waals surface area contributed by atoms with Gasteiger partial charge in [0, 0.05) is 31.2 Å². The standard InChI is InChI=1S/C17H24N4O/c1-3-10-20-11-5-6-14(13-20)21-12-9-18-16(21)15-7-4-8-19-17(15)22-2/h4,7-9,12,14H,3,5-6,10-11,13H2,1-2H3. The number of hydrogen-bond donors (Lipinski definition) is 0. The molecule has 0 amide bonds. The summed E-state index contributed by atoms with van der Waals surface area (Å²) >= 11 is 0. The Balaban J connectivity index is 1.89. The molecular formula is C17H24N4O. The van der Waals surface area contributed by atoms with Gasteiger partial charge < -0.3 is 14.2 Å². The van der Waals surface area contributed by atoms with Gasteiger partial charge >= 0.3 is 0 Å². The van der Waals surface area contributed by atoms with Crippen molar-refractivity contribution in [3.63, 3.8) is 0 Å². The summed E-state index contributed by atoms with van der Waals surface area (Å²) in [6, 6.07) is 4.43. The second-order valence-electron chi connectivity index (χ2n) is 5.82. The molecule has 22 heavy (non-hydrogen) atoms. The van der Waals surface area contributed by atoms with Gasteiger partial charge in [0.15, 0.2) is 0 Å². The van der Waals surface area contributed by atoms with Gasteiger partial charge in [-0.2, -0.15) is 0 Å². The molecule has 0 spiro atoms. The van der Waals surface area contributed by atoms with Crippen molar-refractivity contribution in [3.8, 4) is 17.3 Å². The predicted molar refractivity (Wildman–Crippen MR) is 87.0 cm³/mol. The second-order valence-corrected chi connectivity index (χ2v) is 5.82. The number of nitrogens with zero attached hydrogens (tertiary/aromatic N) is 4. The largest absolute Gasteiger partial charge is 0.480 e. The van der Waals surface area contributed by atoms with Crippen LogP contribution in [0.5, 0.6) is 5.88 Å². The Hall–Kier alpha value is -1.88. The van der Waals surface area contributed by atoms with Gasteiger partial charge in [0.25, 0.3) is 0 Å². The highest BCUT2D eigenvalue weighted by Crippen LogP contribution is 2.31. The lowest BCUT2D eigenvalue weighted by Crippen LogP contribution is -2.37. The number of pyridine rings is 1. The van der Waals surface area contributed by atoms with E-state index in [0.29, 0.717) is 11.9 Å². The molecule has 1 unspecified atom stereocenters. The van der Waals surface area contributed by atoms with Crippen LogP contribution in [-0.2, 0) is 0 Å². The average Bonchev–Trinajstić information content (AvgIpc) is 3.05. The summed E-state index contributed by atoms with van der Waals surface area (Å²) in [6.07, 6.45) is 9.36. The molecule has 0 aliphatic carbocycles. The van der Waals surface area contributed by atoms with E-state index in [9.17, 15) is 0 Å². The fourth-order valence-electron chi connectivity index (χ4n) is 3.32. The highest BCUT2D eigenvalue weighted by atomic mass is 16.5. The molecule has 0 bridgehead atoms. The molecule has 0 radical (unpaired) electrons. The minimum Gasteiger partial charge on any atom is -0.480 e. The first kappa shape index (κ1) is 15.0. The second kappa shape index (κ2) is 6.92. The van der Waals surface area contributed by atoms with Crippen LogP contribution in [0.25, 0.3) is 11.4 Å². The summed E-state index contributed by atoms with van der Waals surface area (Å²) in [5.74, 6) is 1.59. The Morgan fingerprint density at radius 3 is 3.05 bits per heavy atom. The molecule has 1 atom stereocenters. The summed E-state index contributed by atoms with van der Waals surface area (Å²) in [7, 11) is 1.66. The fraction of sp³-hybridized carbons (Fsp3) is 0.529. The SMILES string of the molecule is CCCN1CCCC(n2ccnc2-c2cccnc2OC)C1. The van der Waals surface area contributed by atoms with Crippen LogP contribution in [0.4, 0.5) is 0 Å². The zero-order valence-electron chi connectivity index (χ0n) is 13.4. The highest BCUT2D eigenvalue weighted by molar-refractivity contribution is 5.62. The Morgan fingerprint density at radius 1 is 1.32 bits per heavy atom. The van der Waals surface area contributed by atoms with E-state index in [1.54, 1.807) is 13.3 Å². The third-order valence-electron chi connectivity index (χ3n) is 4.29. The number of methoxy groups -OCH3 is 1. The minimum atomic E-state index is 0.475. The summed E-state index contributed by atoms with van der Waals surface area (Å²) < 4.78 is 7.69. The molecule has 1 aliphatic rings. The molecule has 3 heterocycles. The first-order valence-electron chi connectivity index (χ1n) is 8.08. The Kier molecular flexibility index (Phi) is 4.73. The van der Waals surface area contributed by atoms with Gasteiger partial charge in [0.05, 0.1) is 12.7 Å². The molecule has 1 saturated heterocycles. The number of piperidine rings is 1. The molecule has 3 rings (SSSR count). The van der Waals surface area contributed by atoms with Crippen molar-refractivity contribution < 1.29 is 4.74 Å². The maximum Gasteiger partial charge on any atom is 0.224 e. The third kappa shape index (κ3) is 2.99. The summed E-state index contributed by atoms with van der Waals surface area (Å²) in [6.45, 7) is 5.73. The molecule has 5 nitrogen and oxygen atoms in total. The van der Waals surface area contributed by atoms with Crippen LogP contribution in [0.2, 0.25) is 0 Å². The Morgan fingerprint density at radius 2 is 2.23 bits per heavy atom. The number of imidazole rings is 1. The summed E-state index contributed by atoms with van der Waals surface area (Å²) in [4.78, 5) is 11.4. The van der Waals surface area contributed by atoms with E-state index in [1.165, 1.54) is 32.4 Å². The predicted octanol–water partition coefficient (Wildman–Crippen LogP) is 3.00. The maximum atomic E-state index is 5.40. The summed E-state index contributed by atoms with van der Waals surface area (Å²) in [5, 5.41) is 0. The normalized spacial score (nSPS) is 19.3. The van der Waals surface area contributed by atoms with Crippen molar-refractivity contribution in [2.45, 2.75) is 32.2 Å². The van der Waals surface area contributed by atoms with Crippen molar-refractivity contribution in [1.29, 1.82) is 0 Å². The lowest BCUT2D eigenvalue weighted by Gasteiger charge is -2.33. The van der Waals surface area contributed by atoms with Crippen molar-refractivity contribution in [3.05, 3.63) is 30.7 Å². The van der Waals surface area contributed by atoms with E-state index in [2.05, 4.69) is 32.6 Å². The van der Waals surface area contributed by atoms with Crippen LogP contribution < -0.4 is 4.74 Å².